The largest absolute Gasteiger partial charge is 0.319 e. The molecule has 30 heavy (non-hydrogen) atoms. The molecule has 0 atom stereocenters. The lowest BCUT2D eigenvalue weighted by atomic mass is 10.1. The fraction of sp³-hybridized carbons (Fsp3) is 0.143. The fourth-order valence-electron chi connectivity index (χ4n) is 3.33. The van der Waals surface area contributed by atoms with E-state index in [1.807, 2.05) is 35.3 Å². The lowest BCUT2D eigenvalue weighted by molar-refractivity contribution is 0.588. The highest BCUT2D eigenvalue weighted by Gasteiger charge is 2.23. The maximum absolute atomic E-state index is 12.2. The summed E-state index contributed by atoms with van der Waals surface area (Å²) in [5.74, 6) is 1.35. The topological polar surface area (TPSA) is 95.9 Å². The minimum Gasteiger partial charge on any atom is -0.319 e. The smallest absolute Gasteiger partial charge is 0.190 e. The molecule has 150 valence electrons. The van der Waals surface area contributed by atoms with E-state index in [-0.39, 0.29) is 0 Å². The first kappa shape index (κ1) is 18.7. The highest BCUT2D eigenvalue weighted by molar-refractivity contribution is 7.70. The average molecular weight is 417 g/mol. The molecule has 1 aromatic carbocycles. The Hall–Kier alpha value is -3.35. The van der Waals surface area contributed by atoms with E-state index in [2.05, 4.69) is 38.0 Å². The van der Waals surface area contributed by atoms with Crippen LogP contribution in [0.3, 0.4) is 0 Å². The van der Waals surface area contributed by atoms with E-state index in [1.165, 1.54) is 0 Å². The van der Waals surface area contributed by atoms with Crippen molar-refractivity contribution in [3.8, 4) is 11.4 Å². The first-order chi connectivity index (χ1) is 14.5. The summed E-state index contributed by atoms with van der Waals surface area (Å²) in [6.45, 7) is 4.07. The Kier molecular flexibility index (Phi) is 4.46. The van der Waals surface area contributed by atoms with Gasteiger partial charge in [-0.25, -0.2) is 9.97 Å². The molecule has 0 aliphatic carbocycles. The van der Waals surface area contributed by atoms with Gasteiger partial charge in [-0.15, -0.1) is 5.53 Å². The quantitative estimate of drug-likeness (QED) is 0.489. The number of fused-ring (bicyclic) bond motifs is 2. The second-order valence-electron chi connectivity index (χ2n) is 7.53. The molecule has 4 aromatic rings. The van der Waals surface area contributed by atoms with E-state index in [4.69, 9.17) is 4.98 Å². The number of nitrogens with zero attached hydrogens (tertiary/aromatic N) is 5. The summed E-state index contributed by atoms with van der Waals surface area (Å²) < 4.78 is 12.2. The molecule has 1 aliphatic heterocycles. The number of hydrogen-bond acceptors (Lipinski definition) is 8. The van der Waals surface area contributed by atoms with Crippen LogP contribution < -0.4 is 21.3 Å². The fourth-order valence-corrected chi connectivity index (χ4v) is 4.10. The van der Waals surface area contributed by atoms with Crippen LogP contribution in [0.25, 0.3) is 22.3 Å². The van der Waals surface area contributed by atoms with Crippen molar-refractivity contribution in [1.82, 2.24) is 25.5 Å². The Balaban J connectivity index is 1.43. The first-order valence-corrected chi connectivity index (χ1v) is 12.1. The molecule has 5 rings (SSSR count). The van der Waals surface area contributed by atoms with Crippen LogP contribution >= 0.6 is 7.14 Å². The molecule has 0 amide bonds. The molecule has 0 saturated carbocycles. The van der Waals surface area contributed by atoms with Crippen molar-refractivity contribution in [3.63, 3.8) is 0 Å². The second-order valence-corrected chi connectivity index (χ2v) is 10.8. The van der Waals surface area contributed by atoms with Gasteiger partial charge in [0.15, 0.2) is 11.6 Å². The second kappa shape index (κ2) is 7.16. The first-order valence-electron chi connectivity index (χ1n) is 9.49. The molecule has 0 spiro atoms. The standard InChI is InChI=1S/C21H20N7OP/c1-30(2,29)16-6-8-18(23-11-16)19-12-24-20-21(25-19)28(27-26-20)13-14-5-7-17-15(10-14)4-3-9-22-17/h3-12,27H,13H2,1-2H3,(H,24,26). The number of anilines is 2. The highest BCUT2D eigenvalue weighted by atomic mass is 31.2. The predicted molar refractivity (Wildman–Crippen MR) is 119 cm³/mol. The average Bonchev–Trinajstić information content (AvgIpc) is 3.15. The number of rotatable bonds is 4. The van der Waals surface area contributed by atoms with E-state index in [0.29, 0.717) is 29.6 Å². The van der Waals surface area contributed by atoms with Crippen molar-refractivity contribution >= 4 is 35.0 Å². The molecule has 0 fully saturated rings. The third kappa shape index (κ3) is 3.51. The highest BCUT2D eigenvalue weighted by Crippen LogP contribution is 2.34. The Morgan fingerprint density at radius 1 is 1.00 bits per heavy atom. The van der Waals surface area contributed by atoms with Gasteiger partial charge in [0.1, 0.15) is 12.8 Å². The molecule has 0 bridgehead atoms. The molecular formula is C21H20N7OP. The molecule has 0 radical (unpaired) electrons. The zero-order valence-electron chi connectivity index (χ0n) is 16.6. The van der Waals surface area contributed by atoms with Crippen molar-refractivity contribution in [1.29, 1.82) is 0 Å². The Bertz CT molecular complexity index is 1290. The number of hydrazine groups is 2. The molecule has 3 aromatic heterocycles. The normalized spacial score (nSPS) is 13.3. The predicted octanol–water partition coefficient (Wildman–Crippen LogP) is 3.19. The summed E-state index contributed by atoms with van der Waals surface area (Å²) in [5.41, 5.74) is 9.59. The van der Waals surface area contributed by atoms with Crippen LogP contribution in [0.4, 0.5) is 11.6 Å². The van der Waals surface area contributed by atoms with Gasteiger partial charge < -0.3 is 4.57 Å². The van der Waals surface area contributed by atoms with E-state index >= 15 is 0 Å². The Labute approximate surface area is 173 Å². The summed E-state index contributed by atoms with van der Waals surface area (Å²) >= 11 is 0. The van der Waals surface area contributed by atoms with Crippen LogP contribution in [0.15, 0.2) is 61.1 Å². The monoisotopic (exact) mass is 417 g/mol. The number of nitrogens with one attached hydrogen (secondary N) is 2. The summed E-state index contributed by atoms with van der Waals surface area (Å²) in [4.78, 5) is 18.0. The maximum atomic E-state index is 12.2. The van der Waals surface area contributed by atoms with Crippen LogP contribution in [0.2, 0.25) is 0 Å². The molecule has 8 nitrogen and oxygen atoms in total. The van der Waals surface area contributed by atoms with Crippen LogP contribution in [-0.2, 0) is 11.1 Å². The van der Waals surface area contributed by atoms with Crippen LogP contribution in [0.1, 0.15) is 5.56 Å². The number of pyridine rings is 2. The van der Waals surface area contributed by atoms with E-state index in [9.17, 15) is 4.57 Å². The molecule has 2 N–H and O–H groups in total. The minimum atomic E-state index is -2.34. The van der Waals surface area contributed by atoms with Crippen molar-refractivity contribution in [2.75, 3.05) is 23.8 Å². The van der Waals surface area contributed by atoms with E-state index in [0.717, 1.165) is 21.8 Å². The van der Waals surface area contributed by atoms with Gasteiger partial charge in [0.2, 0.25) is 0 Å². The van der Waals surface area contributed by atoms with Gasteiger partial charge >= 0.3 is 0 Å². The van der Waals surface area contributed by atoms with Gasteiger partial charge in [0, 0.05) is 23.1 Å². The molecule has 1 aliphatic rings. The lowest BCUT2D eigenvalue weighted by Crippen LogP contribution is -2.35. The zero-order chi connectivity index (χ0) is 20.7. The summed E-state index contributed by atoms with van der Waals surface area (Å²) in [6.07, 6.45) is 5.13. The summed E-state index contributed by atoms with van der Waals surface area (Å²) in [7, 11) is -2.34. The van der Waals surface area contributed by atoms with Gasteiger partial charge in [-0.3, -0.25) is 20.4 Å². The third-order valence-corrected chi connectivity index (χ3v) is 6.47. The zero-order valence-corrected chi connectivity index (χ0v) is 17.5. The molecule has 0 unspecified atom stereocenters. The van der Waals surface area contributed by atoms with Crippen molar-refractivity contribution in [3.05, 3.63) is 66.6 Å². The Morgan fingerprint density at radius 3 is 2.70 bits per heavy atom. The van der Waals surface area contributed by atoms with Gasteiger partial charge in [0.25, 0.3) is 0 Å². The van der Waals surface area contributed by atoms with Crippen LogP contribution in [0, 0.1) is 0 Å². The van der Waals surface area contributed by atoms with Gasteiger partial charge in [0.05, 0.1) is 24.0 Å². The van der Waals surface area contributed by atoms with E-state index in [1.54, 1.807) is 31.9 Å². The van der Waals surface area contributed by atoms with Gasteiger partial charge in [-0.1, -0.05) is 12.1 Å². The minimum absolute atomic E-state index is 0.601. The van der Waals surface area contributed by atoms with Crippen molar-refractivity contribution < 1.29 is 4.57 Å². The lowest BCUT2D eigenvalue weighted by Gasteiger charge is -2.17. The third-order valence-electron chi connectivity index (χ3n) is 4.96. The number of benzene rings is 1. The van der Waals surface area contributed by atoms with Crippen LogP contribution in [0.5, 0.6) is 0 Å². The number of aromatic nitrogens is 4. The van der Waals surface area contributed by atoms with Crippen molar-refractivity contribution in [2.45, 2.75) is 6.54 Å². The van der Waals surface area contributed by atoms with Gasteiger partial charge in [-0.2, -0.15) is 0 Å². The van der Waals surface area contributed by atoms with Gasteiger partial charge in [-0.05, 0) is 49.2 Å². The summed E-state index contributed by atoms with van der Waals surface area (Å²) in [5, 5.41) is 3.75. The molecule has 9 heteroatoms. The molecule has 4 heterocycles. The van der Waals surface area contributed by atoms with Crippen molar-refractivity contribution in [2.24, 2.45) is 0 Å². The SMILES string of the molecule is CP(C)(=O)c1ccc(-c2cnc3c(n2)N(Cc2ccc4ncccc4c2)NN3)nc1. The summed E-state index contributed by atoms with van der Waals surface area (Å²) in [6, 6.07) is 13.9. The molecule has 0 saturated heterocycles. The Morgan fingerprint density at radius 2 is 1.90 bits per heavy atom. The van der Waals surface area contributed by atoms with E-state index < -0.39 is 7.14 Å². The van der Waals surface area contributed by atoms with Crippen LogP contribution in [-0.4, -0.2) is 33.3 Å². The maximum Gasteiger partial charge on any atom is 0.190 e. The molecular weight excluding hydrogens is 397 g/mol. The number of hydrogen-bond donors (Lipinski definition) is 2.